The highest BCUT2D eigenvalue weighted by molar-refractivity contribution is 7.91. The predicted octanol–water partition coefficient (Wildman–Crippen LogP) is 0.257. The smallest absolute Gasteiger partial charge is 0.415 e. The molecular formula is C25H28FN3O10S2. The second kappa shape index (κ2) is 12.5. The topological polar surface area (TPSA) is 177 Å². The van der Waals surface area contributed by atoms with Gasteiger partial charge in [-0.25, -0.2) is 35.1 Å². The van der Waals surface area contributed by atoms with Gasteiger partial charge in [-0.05, 0) is 42.0 Å². The Kier molecular flexibility index (Phi) is 9.26. The largest absolute Gasteiger partial charge is 0.480 e. The van der Waals surface area contributed by atoms with Crippen LogP contribution in [-0.4, -0.2) is 106 Å². The van der Waals surface area contributed by atoms with Gasteiger partial charge in [0.15, 0.2) is 9.84 Å². The average Bonchev–Trinajstić information content (AvgIpc) is 2.93. The molecule has 4 rings (SSSR count). The molecule has 41 heavy (non-hydrogen) atoms. The number of hydrogen-bond donors (Lipinski definition) is 2. The number of carboxylic acid groups (broad SMARTS) is 1. The van der Waals surface area contributed by atoms with Gasteiger partial charge in [0.25, 0.3) is 15.9 Å². The summed E-state index contributed by atoms with van der Waals surface area (Å²) in [6.45, 7) is 1.35. The number of carbonyl (C=O) groups is 3. The number of nitrogens with zero attached hydrogens (tertiary/aromatic N) is 2. The summed E-state index contributed by atoms with van der Waals surface area (Å²) in [6, 6.07) is 5.53. The Morgan fingerprint density at radius 1 is 1.10 bits per heavy atom. The Morgan fingerprint density at radius 3 is 2.32 bits per heavy atom. The molecule has 0 radical (unpaired) electrons. The summed E-state index contributed by atoms with van der Waals surface area (Å²) in [5.74, 6) is -4.55. The zero-order valence-corrected chi connectivity index (χ0v) is 23.3. The van der Waals surface area contributed by atoms with Crippen LogP contribution < -0.4 is 10.1 Å². The van der Waals surface area contributed by atoms with Gasteiger partial charge in [0.05, 0.1) is 29.6 Å². The molecule has 2 aromatic rings. The van der Waals surface area contributed by atoms with E-state index in [0.717, 1.165) is 24.3 Å². The minimum atomic E-state index is -4.89. The van der Waals surface area contributed by atoms with Gasteiger partial charge in [-0.15, -0.1) is 0 Å². The minimum Gasteiger partial charge on any atom is -0.480 e. The number of rotatable bonds is 8. The third-order valence-electron chi connectivity index (χ3n) is 6.51. The van der Waals surface area contributed by atoms with Gasteiger partial charge in [0, 0.05) is 26.1 Å². The maximum Gasteiger partial charge on any atom is 0.415 e. The number of morpholine rings is 1. The summed E-state index contributed by atoms with van der Waals surface area (Å²) in [7, 11) is -8.60. The molecule has 2 N–H and O–H groups in total. The predicted molar refractivity (Wildman–Crippen MR) is 141 cm³/mol. The Morgan fingerprint density at radius 2 is 1.73 bits per heavy atom. The molecule has 0 spiro atoms. The van der Waals surface area contributed by atoms with E-state index in [1.54, 1.807) is 0 Å². The van der Waals surface area contributed by atoms with E-state index in [4.69, 9.17) is 9.47 Å². The van der Waals surface area contributed by atoms with Gasteiger partial charge < -0.3 is 24.8 Å². The summed E-state index contributed by atoms with van der Waals surface area (Å²) < 4.78 is 75.8. The maximum atomic E-state index is 13.6. The van der Waals surface area contributed by atoms with Crippen LogP contribution in [0.4, 0.5) is 9.18 Å². The fourth-order valence-corrected chi connectivity index (χ4v) is 7.29. The van der Waals surface area contributed by atoms with Crippen molar-refractivity contribution in [3.8, 4) is 5.75 Å². The molecule has 2 aliphatic heterocycles. The summed E-state index contributed by atoms with van der Waals surface area (Å²) in [5, 5.41) is 12.7. The Hall–Kier alpha value is -3.60. The quantitative estimate of drug-likeness (QED) is 0.417. The van der Waals surface area contributed by atoms with Crippen molar-refractivity contribution in [1.82, 2.24) is 14.5 Å². The molecule has 13 nitrogen and oxygen atoms in total. The number of hydrogen-bond acceptors (Lipinski definition) is 10. The molecule has 222 valence electrons. The van der Waals surface area contributed by atoms with E-state index in [0.29, 0.717) is 26.3 Å². The molecule has 2 saturated heterocycles. The molecule has 2 aliphatic rings. The first-order chi connectivity index (χ1) is 19.4. The second-order valence-electron chi connectivity index (χ2n) is 9.38. The number of nitrogens with one attached hydrogen (secondary N) is 1. The molecular weight excluding hydrogens is 585 g/mol. The molecule has 2 aromatic carbocycles. The summed E-state index contributed by atoms with van der Waals surface area (Å²) in [5.41, 5.74) is 0.278. The zero-order valence-electron chi connectivity index (χ0n) is 21.6. The van der Waals surface area contributed by atoms with E-state index >= 15 is 0 Å². The van der Waals surface area contributed by atoms with Crippen molar-refractivity contribution in [3.63, 3.8) is 0 Å². The molecule has 2 atom stereocenters. The molecule has 0 bridgehead atoms. The number of benzene rings is 2. The van der Waals surface area contributed by atoms with Gasteiger partial charge in [-0.1, -0.05) is 12.1 Å². The SMILES string of the molecule is O=C(O)[C@H](Cc1ccc(OC(=O)N2CCOCC2)cc1)N(C(=O)C1CS(=O)(=O)CCN1)S(=O)(=O)c1ccc(F)cc1. The van der Waals surface area contributed by atoms with E-state index < -0.39 is 72.8 Å². The fraction of sp³-hybridized carbons (Fsp3) is 0.400. The monoisotopic (exact) mass is 613 g/mol. The van der Waals surface area contributed by atoms with Crippen molar-refractivity contribution in [3.05, 3.63) is 59.9 Å². The lowest BCUT2D eigenvalue weighted by molar-refractivity contribution is -0.146. The first-order valence-electron chi connectivity index (χ1n) is 12.5. The average molecular weight is 614 g/mol. The van der Waals surface area contributed by atoms with Crippen molar-refractivity contribution in [2.75, 3.05) is 44.4 Å². The van der Waals surface area contributed by atoms with E-state index in [1.165, 1.54) is 29.2 Å². The lowest BCUT2D eigenvalue weighted by Crippen LogP contribution is -2.59. The highest BCUT2D eigenvalue weighted by Gasteiger charge is 2.44. The van der Waals surface area contributed by atoms with E-state index in [1.807, 2.05) is 0 Å². The first kappa shape index (κ1) is 30.4. The molecule has 0 aliphatic carbocycles. The van der Waals surface area contributed by atoms with Gasteiger partial charge in [0.2, 0.25) is 0 Å². The van der Waals surface area contributed by atoms with Gasteiger partial charge in [0.1, 0.15) is 23.7 Å². The highest BCUT2D eigenvalue weighted by Crippen LogP contribution is 2.24. The van der Waals surface area contributed by atoms with Crippen LogP contribution in [0.1, 0.15) is 5.56 Å². The van der Waals surface area contributed by atoms with Crippen molar-refractivity contribution in [2.45, 2.75) is 23.4 Å². The van der Waals surface area contributed by atoms with Crippen molar-refractivity contribution in [2.24, 2.45) is 0 Å². The van der Waals surface area contributed by atoms with Crippen LogP contribution in [-0.2, 0) is 40.6 Å². The third kappa shape index (κ3) is 7.38. The van der Waals surface area contributed by atoms with Crippen LogP contribution in [0.15, 0.2) is 53.4 Å². The first-order valence-corrected chi connectivity index (χ1v) is 15.8. The number of amides is 2. The van der Waals surface area contributed by atoms with E-state index in [2.05, 4.69) is 5.32 Å². The lowest BCUT2D eigenvalue weighted by atomic mass is 10.1. The van der Waals surface area contributed by atoms with Crippen molar-refractivity contribution >= 4 is 37.8 Å². The molecule has 2 heterocycles. The minimum absolute atomic E-state index is 0.133. The summed E-state index contributed by atoms with van der Waals surface area (Å²) >= 11 is 0. The van der Waals surface area contributed by atoms with Crippen LogP contribution in [0.3, 0.4) is 0 Å². The summed E-state index contributed by atoms with van der Waals surface area (Å²) in [4.78, 5) is 39.2. The normalized spacial score (nSPS) is 19.6. The number of aliphatic carboxylic acids is 1. The number of halogens is 1. The van der Waals surface area contributed by atoms with Gasteiger partial charge >= 0.3 is 12.1 Å². The number of ether oxygens (including phenoxy) is 2. The molecule has 0 aromatic heterocycles. The van der Waals surface area contributed by atoms with Crippen LogP contribution in [0.25, 0.3) is 0 Å². The van der Waals surface area contributed by atoms with Crippen LogP contribution in [0.2, 0.25) is 0 Å². The van der Waals surface area contributed by atoms with E-state index in [9.17, 15) is 40.7 Å². The standard InChI is InChI=1S/C25H28FN3O10S2/c26-18-3-7-20(8-4-18)41(36,37)29(23(30)21-16-40(34,35)14-9-27-21)22(24(31)32)15-17-1-5-19(6-2-17)39-25(33)28-10-12-38-13-11-28/h1-8,21-22,27H,9-16H2,(H,31,32)/t21?,22-/m0/s1. The second-order valence-corrected chi connectivity index (χ2v) is 13.4. The Balaban J connectivity index is 1.62. The molecule has 0 saturated carbocycles. The van der Waals surface area contributed by atoms with Gasteiger partial charge in [-0.3, -0.25) is 4.79 Å². The number of sulfone groups is 1. The summed E-state index contributed by atoms with van der Waals surface area (Å²) in [6.07, 6.45) is -1.10. The third-order valence-corrected chi connectivity index (χ3v) is 9.99. The van der Waals surface area contributed by atoms with Crippen molar-refractivity contribution in [1.29, 1.82) is 0 Å². The Bertz CT molecular complexity index is 1490. The van der Waals surface area contributed by atoms with Crippen LogP contribution >= 0.6 is 0 Å². The highest BCUT2D eigenvalue weighted by atomic mass is 32.2. The molecule has 1 unspecified atom stereocenters. The molecule has 2 fully saturated rings. The number of carboxylic acids is 1. The molecule has 2 amide bonds. The van der Waals surface area contributed by atoms with Crippen LogP contribution in [0, 0.1) is 5.82 Å². The number of sulfonamides is 1. The lowest BCUT2D eigenvalue weighted by Gasteiger charge is -2.33. The molecule has 16 heteroatoms. The fourth-order valence-electron chi connectivity index (χ4n) is 4.36. The van der Waals surface area contributed by atoms with Gasteiger partial charge in [-0.2, -0.15) is 0 Å². The van der Waals surface area contributed by atoms with Crippen molar-refractivity contribution < 1.29 is 50.2 Å². The van der Waals surface area contributed by atoms with E-state index in [-0.39, 0.29) is 27.9 Å². The number of carbonyl (C=O) groups excluding carboxylic acids is 2. The maximum absolute atomic E-state index is 13.6. The van der Waals surface area contributed by atoms with Crippen LogP contribution in [0.5, 0.6) is 5.75 Å². The Labute approximate surface area is 235 Å². The zero-order chi connectivity index (χ0) is 29.8.